The predicted octanol–water partition coefficient (Wildman–Crippen LogP) is 4.05. The first-order valence-electron chi connectivity index (χ1n) is 8.62. The maximum absolute atomic E-state index is 11.7. The molecule has 2 atom stereocenters. The van der Waals surface area contributed by atoms with Gasteiger partial charge in [-0.2, -0.15) is 0 Å². The first-order valence-corrected chi connectivity index (χ1v) is 8.62. The van der Waals surface area contributed by atoms with Crippen molar-refractivity contribution in [2.24, 2.45) is 5.92 Å². The molecule has 0 radical (unpaired) electrons. The monoisotopic (exact) mass is 315 g/mol. The van der Waals surface area contributed by atoms with Crippen LogP contribution in [0.2, 0.25) is 0 Å². The molecule has 0 bridgehead atoms. The van der Waals surface area contributed by atoms with Crippen LogP contribution >= 0.6 is 0 Å². The standard InChI is InChI=1S/C17H33NO4/c1-5-8-10-15(7-3)13-22-17(20)18-14(4)12-16(19)21-11-9-6-2/h14-15H,5-13H2,1-4H3,(H,18,20). The Bertz CT molecular complexity index is 307. The Morgan fingerprint density at radius 3 is 2.32 bits per heavy atom. The molecule has 5 heteroatoms. The van der Waals surface area contributed by atoms with Gasteiger partial charge in [0.2, 0.25) is 0 Å². The molecule has 0 spiro atoms. The van der Waals surface area contributed by atoms with Gasteiger partial charge in [-0.15, -0.1) is 0 Å². The molecule has 1 N–H and O–H groups in total. The van der Waals surface area contributed by atoms with Gasteiger partial charge in [0.15, 0.2) is 0 Å². The van der Waals surface area contributed by atoms with Crippen molar-refractivity contribution < 1.29 is 19.1 Å². The Kier molecular flexibility index (Phi) is 12.6. The topological polar surface area (TPSA) is 64.6 Å². The second-order valence-electron chi connectivity index (χ2n) is 5.84. The van der Waals surface area contributed by atoms with Crippen LogP contribution in [0.4, 0.5) is 4.79 Å². The van der Waals surface area contributed by atoms with E-state index in [2.05, 4.69) is 19.2 Å². The molecule has 5 nitrogen and oxygen atoms in total. The molecule has 0 aliphatic heterocycles. The van der Waals surface area contributed by atoms with Crippen molar-refractivity contribution in [3.05, 3.63) is 0 Å². The lowest BCUT2D eigenvalue weighted by Gasteiger charge is -2.17. The highest BCUT2D eigenvalue weighted by atomic mass is 16.5. The molecule has 0 fully saturated rings. The number of carbonyl (C=O) groups excluding carboxylic acids is 2. The zero-order valence-electron chi connectivity index (χ0n) is 14.7. The first-order chi connectivity index (χ1) is 10.5. The summed E-state index contributed by atoms with van der Waals surface area (Å²) in [4.78, 5) is 23.2. The van der Waals surface area contributed by atoms with Gasteiger partial charge >= 0.3 is 12.1 Å². The molecule has 0 aliphatic carbocycles. The molecule has 2 unspecified atom stereocenters. The van der Waals surface area contributed by atoms with Gasteiger partial charge in [0.1, 0.15) is 0 Å². The van der Waals surface area contributed by atoms with Crippen LogP contribution in [0, 0.1) is 5.92 Å². The molecule has 0 rings (SSSR count). The summed E-state index contributed by atoms with van der Waals surface area (Å²) in [6.45, 7) is 8.96. The molecule has 0 aliphatic rings. The van der Waals surface area contributed by atoms with E-state index in [1.807, 2.05) is 6.92 Å². The smallest absolute Gasteiger partial charge is 0.407 e. The summed E-state index contributed by atoms with van der Waals surface area (Å²) in [6, 6.07) is -0.280. The third-order valence-corrected chi connectivity index (χ3v) is 3.59. The van der Waals surface area contributed by atoms with Gasteiger partial charge in [-0.05, 0) is 25.7 Å². The van der Waals surface area contributed by atoms with E-state index in [1.54, 1.807) is 6.92 Å². The Balaban J connectivity index is 3.87. The van der Waals surface area contributed by atoms with Crippen molar-refractivity contribution in [3.8, 4) is 0 Å². The fourth-order valence-electron chi connectivity index (χ4n) is 2.02. The molecule has 0 heterocycles. The number of amides is 1. The largest absolute Gasteiger partial charge is 0.466 e. The number of ether oxygens (including phenoxy) is 2. The average Bonchev–Trinajstić information content (AvgIpc) is 2.47. The summed E-state index contributed by atoms with van der Waals surface area (Å²) >= 11 is 0. The van der Waals surface area contributed by atoms with Crippen LogP contribution in [0.3, 0.4) is 0 Å². The number of esters is 1. The molecule has 1 amide bonds. The van der Waals surface area contributed by atoms with Gasteiger partial charge in [0, 0.05) is 6.04 Å². The number of unbranched alkanes of at least 4 members (excludes halogenated alkanes) is 2. The second kappa shape index (κ2) is 13.4. The van der Waals surface area contributed by atoms with E-state index in [0.717, 1.165) is 38.5 Å². The predicted molar refractivity (Wildman–Crippen MR) is 87.7 cm³/mol. The van der Waals surface area contributed by atoms with Gasteiger partial charge in [-0.1, -0.05) is 46.5 Å². The second-order valence-corrected chi connectivity index (χ2v) is 5.84. The van der Waals surface area contributed by atoms with Crippen molar-refractivity contribution in [1.29, 1.82) is 0 Å². The molecule has 0 saturated carbocycles. The van der Waals surface area contributed by atoms with Crippen molar-refractivity contribution in [1.82, 2.24) is 5.32 Å². The van der Waals surface area contributed by atoms with Gasteiger partial charge in [-0.3, -0.25) is 4.79 Å². The van der Waals surface area contributed by atoms with Gasteiger partial charge < -0.3 is 14.8 Å². The SMILES string of the molecule is CCCCOC(=O)CC(C)NC(=O)OCC(CC)CCCC. The van der Waals surface area contributed by atoms with Crippen molar-refractivity contribution >= 4 is 12.1 Å². The van der Waals surface area contributed by atoms with Gasteiger partial charge in [-0.25, -0.2) is 4.79 Å². The Morgan fingerprint density at radius 2 is 1.73 bits per heavy atom. The van der Waals surface area contributed by atoms with E-state index in [9.17, 15) is 9.59 Å². The lowest BCUT2D eigenvalue weighted by Crippen LogP contribution is -2.35. The van der Waals surface area contributed by atoms with E-state index in [4.69, 9.17) is 9.47 Å². The molecule has 0 aromatic heterocycles. The zero-order chi connectivity index (χ0) is 16.8. The fourth-order valence-corrected chi connectivity index (χ4v) is 2.02. The number of hydrogen-bond donors (Lipinski definition) is 1. The summed E-state index contributed by atoms with van der Waals surface area (Å²) in [6.07, 6.45) is 5.97. The van der Waals surface area contributed by atoms with Crippen LogP contribution in [0.5, 0.6) is 0 Å². The molecule has 22 heavy (non-hydrogen) atoms. The molecule has 0 saturated heterocycles. The van der Waals surface area contributed by atoms with Crippen molar-refractivity contribution in [2.45, 2.75) is 78.7 Å². The summed E-state index contributed by atoms with van der Waals surface area (Å²) in [5.41, 5.74) is 0. The number of carbonyl (C=O) groups is 2. The van der Waals surface area contributed by atoms with E-state index in [0.29, 0.717) is 19.1 Å². The lowest BCUT2D eigenvalue weighted by atomic mass is 10.0. The normalized spacial score (nSPS) is 13.3. The molecule has 0 aromatic carbocycles. The van der Waals surface area contributed by atoms with Crippen LogP contribution in [-0.2, 0) is 14.3 Å². The highest BCUT2D eigenvalue weighted by Crippen LogP contribution is 2.12. The Hall–Kier alpha value is -1.26. The highest BCUT2D eigenvalue weighted by molar-refractivity contribution is 5.72. The van der Waals surface area contributed by atoms with Gasteiger partial charge in [0.05, 0.1) is 19.6 Å². The van der Waals surface area contributed by atoms with Crippen molar-refractivity contribution in [2.75, 3.05) is 13.2 Å². The van der Waals surface area contributed by atoms with Crippen LogP contribution in [0.15, 0.2) is 0 Å². The fraction of sp³-hybridized carbons (Fsp3) is 0.882. The van der Waals surface area contributed by atoms with Crippen molar-refractivity contribution in [3.63, 3.8) is 0 Å². The first kappa shape index (κ1) is 20.7. The maximum Gasteiger partial charge on any atom is 0.407 e. The van der Waals surface area contributed by atoms with Crippen LogP contribution in [0.1, 0.15) is 72.6 Å². The summed E-state index contributed by atoms with van der Waals surface area (Å²) < 4.78 is 10.3. The third kappa shape index (κ3) is 11.4. The number of hydrogen-bond acceptors (Lipinski definition) is 4. The Morgan fingerprint density at radius 1 is 1.05 bits per heavy atom. The quantitative estimate of drug-likeness (QED) is 0.436. The minimum Gasteiger partial charge on any atom is -0.466 e. The number of alkyl carbamates (subject to hydrolysis) is 1. The average molecular weight is 315 g/mol. The van der Waals surface area contributed by atoms with E-state index in [-0.39, 0.29) is 18.4 Å². The molecular weight excluding hydrogens is 282 g/mol. The van der Waals surface area contributed by atoms with Crippen LogP contribution in [0.25, 0.3) is 0 Å². The Labute approximate surface area is 135 Å². The maximum atomic E-state index is 11.7. The molecular formula is C17H33NO4. The van der Waals surface area contributed by atoms with E-state index >= 15 is 0 Å². The third-order valence-electron chi connectivity index (χ3n) is 3.59. The van der Waals surface area contributed by atoms with Crippen LogP contribution in [-0.4, -0.2) is 31.3 Å². The van der Waals surface area contributed by atoms with Crippen LogP contribution < -0.4 is 5.32 Å². The summed E-state index contributed by atoms with van der Waals surface area (Å²) in [5, 5.41) is 2.67. The number of rotatable bonds is 12. The molecule has 130 valence electrons. The lowest BCUT2D eigenvalue weighted by molar-refractivity contribution is -0.144. The minimum absolute atomic E-state index is 0.172. The zero-order valence-corrected chi connectivity index (χ0v) is 14.7. The van der Waals surface area contributed by atoms with E-state index in [1.165, 1.54) is 0 Å². The highest BCUT2D eigenvalue weighted by Gasteiger charge is 2.15. The summed E-state index contributed by atoms with van der Waals surface area (Å²) in [7, 11) is 0. The summed E-state index contributed by atoms with van der Waals surface area (Å²) in [5.74, 6) is 0.135. The molecule has 0 aromatic rings. The number of nitrogens with one attached hydrogen (secondary N) is 1. The van der Waals surface area contributed by atoms with E-state index < -0.39 is 6.09 Å². The van der Waals surface area contributed by atoms with Gasteiger partial charge in [0.25, 0.3) is 0 Å². The minimum atomic E-state index is -0.455.